The normalized spacial score (nSPS) is 11.6. The second kappa shape index (κ2) is 7.24. The number of rotatable bonds is 5. The van der Waals surface area contributed by atoms with Crippen molar-refractivity contribution in [2.45, 2.75) is 33.6 Å². The van der Waals surface area contributed by atoms with Crippen LogP contribution in [0.5, 0.6) is 0 Å². The summed E-state index contributed by atoms with van der Waals surface area (Å²) in [6.45, 7) is 8.37. The first-order chi connectivity index (χ1) is 9.40. The van der Waals surface area contributed by atoms with E-state index in [2.05, 4.69) is 5.32 Å². The lowest BCUT2D eigenvalue weighted by Gasteiger charge is -2.04. The molecule has 1 aromatic heterocycles. The molecule has 110 valence electrons. The molecule has 0 bridgehead atoms. The first kappa shape index (κ1) is 16.4. The van der Waals surface area contributed by atoms with Gasteiger partial charge < -0.3 is 10.1 Å². The van der Waals surface area contributed by atoms with Crippen molar-refractivity contribution in [3.63, 3.8) is 0 Å². The van der Waals surface area contributed by atoms with Crippen LogP contribution in [-0.2, 0) is 4.74 Å². The van der Waals surface area contributed by atoms with E-state index in [0.717, 1.165) is 11.1 Å². The number of ether oxygens (including phenoxy) is 1. The van der Waals surface area contributed by atoms with Gasteiger partial charge in [0.25, 0.3) is 5.91 Å². The van der Waals surface area contributed by atoms with Crippen LogP contribution in [-0.4, -0.2) is 25.5 Å². The number of amides is 1. The maximum Gasteiger partial charge on any atom is 0.348 e. The summed E-state index contributed by atoms with van der Waals surface area (Å²) in [5.74, 6) is -0.380. The second-order valence-electron chi connectivity index (χ2n) is 4.86. The lowest BCUT2D eigenvalue weighted by atomic mass is 10.0. The fourth-order valence-corrected chi connectivity index (χ4v) is 2.76. The van der Waals surface area contributed by atoms with Crippen molar-refractivity contribution in [2.24, 2.45) is 0 Å². The van der Waals surface area contributed by atoms with Gasteiger partial charge in [0.05, 0.1) is 12.0 Å². The Morgan fingerprint density at radius 1 is 1.45 bits per heavy atom. The van der Waals surface area contributed by atoms with Crippen molar-refractivity contribution < 1.29 is 14.3 Å². The molecule has 1 amide bonds. The number of nitrogens with one attached hydrogen (secondary N) is 1. The third kappa shape index (κ3) is 3.93. The van der Waals surface area contributed by atoms with Gasteiger partial charge in [-0.2, -0.15) is 0 Å². The highest BCUT2D eigenvalue weighted by molar-refractivity contribution is 7.16. The predicted octanol–water partition coefficient (Wildman–Crippen LogP) is 3.35. The smallest absolute Gasteiger partial charge is 0.348 e. The number of hydrogen-bond acceptors (Lipinski definition) is 4. The molecule has 1 rings (SSSR count). The molecule has 20 heavy (non-hydrogen) atoms. The van der Waals surface area contributed by atoms with Gasteiger partial charge in [-0.3, -0.25) is 4.79 Å². The summed E-state index contributed by atoms with van der Waals surface area (Å²) < 4.78 is 4.77. The highest BCUT2D eigenvalue weighted by Crippen LogP contribution is 2.29. The molecule has 0 fully saturated rings. The Morgan fingerprint density at radius 3 is 2.60 bits per heavy atom. The van der Waals surface area contributed by atoms with Crippen LogP contribution in [0.2, 0.25) is 0 Å². The minimum atomic E-state index is -0.387. The van der Waals surface area contributed by atoms with Crippen LogP contribution < -0.4 is 5.32 Å². The Labute approximate surface area is 123 Å². The minimum Gasteiger partial charge on any atom is -0.465 e. The van der Waals surface area contributed by atoms with Gasteiger partial charge in [0.15, 0.2) is 0 Å². The first-order valence-electron chi connectivity index (χ1n) is 6.52. The standard InChI is InChI=1S/C15H21NO3S/c1-6-10(4)8-16-14(17)12-7-11(9(2)3)13(20-12)15(18)19-5/h6-7,9H,8H2,1-5H3,(H,16,17). The molecule has 5 heteroatoms. The van der Waals surface area contributed by atoms with Crippen molar-refractivity contribution in [3.8, 4) is 0 Å². The summed E-state index contributed by atoms with van der Waals surface area (Å²) in [6.07, 6.45) is 1.95. The van der Waals surface area contributed by atoms with Gasteiger partial charge >= 0.3 is 5.97 Å². The van der Waals surface area contributed by atoms with E-state index in [0.29, 0.717) is 16.3 Å². The van der Waals surface area contributed by atoms with Crippen LogP contribution in [0.1, 0.15) is 58.5 Å². The van der Waals surface area contributed by atoms with Crippen LogP contribution in [0.3, 0.4) is 0 Å². The van der Waals surface area contributed by atoms with E-state index >= 15 is 0 Å². The Kier molecular flexibility index (Phi) is 5.95. The average Bonchev–Trinajstić information content (AvgIpc) is 2.88. The number of carbonyl (C=O) groups is 2. The van der Waals surface area contributed by atoms with Gasteiger partial charge in [-0.1, -0.05) is 25.5 Å². The summed E-state index contributed by atoms with van der Waals surface area (Å²) in [7, 11) is 1.35. The summed E-state index contributed by atoms with van der Waals surface area (Å²) in [6, 6.07) is 1.78. The Bertz CT molecular complexity index is 529. The Balaban J connectivity index is 2.96. The van der Waals surface area contributed by atoms with Crippen molar-refractivity contribution in [3.05, 3.63) is 33.0 Å². The quantitative estimate of drug-likeness (QED) is 0.669. The van der Waals surface area contributed by atoms with Gasteiger partial charge in [0.1, 0.15) is 4.88 Å². The molecule has 0 atom stereocenters. The van der Waals surface area contributed by atoms with Gasteiger partial charge in [0.2, 0.25) is 0 Å². The van der Waals surface area contributed by atoms with Gasteiger partial charge in [-0.05, 0) is 31.4 Å². The lowest BCUT2D eigenvalue weighted by Crippen LogP contribution is -2.24. The molecule has 0 unspecified atom stereocenters. The van der Waals surface area contributed by atoms with E-state index in [1.54, 1.807) is 6.07 Å². The molecule has 0 aliphatic heterocycles. The molecule has 4 nitrogen and oxygen atoms in total. The third-order valence-electron chi connectivity index (χ3n) is 3.00. The molecule has 0 aliphatic rings. The fourth-order valence-electron chi connectivity index (χ4n) is 1.61. The molecular formula is C15H21NO3S. The molecule has 0 aliphatic carbocycles. The molecule has 0 saturated heterocycles. The summed E-state index contributed by atoms with van der Waals surface area (Å²) in [4.78, 5) is 24.9. The zero-order chi connectivity index (χ0) is 15.3. The zero-order valence-electron chi connectivity index (χ0n) is 12.6. The SMILES string of the molecule is CC=C(C)CNC(=O)c1cc(C(C)C)c(C(=O)OC)s1. The molecule has 1 aromatic rings. The Hall–Kier alpha value is -1.62. The highest BCUT2D eigenvalue weighted by Gasteiger charge is 2.21. The molecule has 1 N–H and O–H groups in total. The maximum atomic E-state index is 12.1. The number of carbonyl (C=O) groups excluding carboxylic acids is 2. The summed E-state index contributed by atoms with van der Waals surface area (Å²) in [5.41, 5.74) is 1.95. The van der Waals surface area contributed by atoms with E-state index in [1.807, 2.05) is 33.8 Å². The molecule has 0 saturated carbocycles. The fraction of sp³-hybridized carbons (Fsp3) is 0.467. The van der Waals surface area contributed by atoms with Crippen molar-refractivity contribution in [1.82, 2.24) is 5.32 Å². The van der Waals surface area contributed by atoms with E-state index in [4.69, 9.17) is 4.74 Å². The molecule has 0 radical (unpaired) electrons. The summed E-state index contributed by atoms with van der Waals surface area (Å²) >= 11 is 1.18. The van der Waals surface area contributed by atoms with E-state index in [-0.39, 0.29) is 17.8 Å². The van der Waals surface area contributed by atoms with Crippen LogP contribution >= 0.6 is 11.3 Å². The molecule has 0 spiro atoms. The van der Waals surface area contributed by atoms with Crippen molar-refractivity contribution >= 4 is 23.2 Å². The van der Waals surface area contributed by atoms with Crippen LogP contribution in [0.25, 0.3) is 0 Å². The average molecular weight is 295 g/mol. The second-order valence-corrected chi connectivity index (χ2v) is 5.91. The molecule has 0 aromatic carbocycles. The summed E-state index contributed by atoms with van der Waals surface area (Å²) in [5, 5.41) is 2.84. The van der Waals surface area contributed by atoms with E-state index in [9.17, 15) is 9.59 Å². The van der Waals surface area contributed by atoms with Crippen LogP contribution in [0.15, 0.2) is 17.7 Å². The number of esters is 1. The van der Waals surface area contributed by atoms with Gasteiger partial charge in [-0.15, -0.1) is 11.3 Å². The van der Waals surface area contributed by atoms with Crippen molar-refractivity contribution in [2.75, 3.05) is 13.7 Å². The minimum absolute atomic E-state index is 0.159. The number of hydrogen-bond donors (Lipinski definition) is 1. The monoisotopic (exact) mass is 295 g/mol. The zero-order valence-corrected chi connectivity index (χ0v) is 13.4. The van der Waals surface area contributed by atoms with Crippen LogP contribution in [0, 0.1) is 0 Å². The number of thiophene rings is 1. The van der Waals surface area contributed by atoms with Gasteiger partial charge in [0, 0.05) is 6.54 Å². The first-order valence-corrected chi connectivity index (χ1v) is 7.34. The number of methoxy groups -OCH3 is 1. The molecular weight excluding hydrogens is 274 g/mol. The van der Waals surface area contributed by atoms with Crippen molar-refractivity contribution in [1.29, 1.82) is 0 Å². The van der Waals surface area contributed by atoms with Crippen LogP contribution in [0.4, 0.5) is 0 Å². The maximum absolute atomic E-state index is 12.1. The molecule has 1 heterocycles. The number of allylic oxidation sites excluding steroid dienone is 1. The largest absolute Gasteiger partial charge is 0.465 e. The van der Waals surface area contributed by atoms with E-state index < -0.39 is 0 Å². The van der Waals surface area contributed by atoms with Gasteiger partial charge in [-0.25, -0.2) is 4.79 Å². The predicted molar refractivity (Wildman–Crippen MR) is 81.5 cm³/mol. The lowest BCUT2D eigenvalue weighted by molar-refractivity contribution is 0.0604. The highest BCUT2D eigenvalue weighted by atomic mass is 32.1. The third-order valence-corrected chi connectivity index (χ3v) is 4.13. The Morgan fingerprint density at radius 2 is 2.10 bits per heavy atom. The topological polar surface area (TPSA) is 55.4 Å². The van der Waals surface area contributed by atoms with E-state index in [1.165, 1.54) is 18.4 Å².